The molecule has 6 heteroatoms. The number of anilines is 1. The zero-order valence-electron chi connectivity index (χ0n) is 21.0. The predicted molar refractivity (Wildman–Crippen MR) is 152 cm³/mol. The molecule has 2 heterocycles. The molecule has 0 spiro atoms. The summed E-state index contributed by atoms with van der Waals surface area (Å²) < 4.78 is 0. The van der Waals surface area contributed by atoms with E-state index in [0.717, 1.165) is 76.4 Å². The van der Waals surface area contributed by atoms with Crippen molar-refractivity contribution in [3.63, 3.8) is 0 Å². The lowest BCUT2D eigenvalue weighted by atomic mass is 9.92. The summed E-state index contributed by atoms with van der Waals surface area (Å²) in [4.78, 5) is 24.8. The summed E-state index contributed by atoms with van der Waals surface area (Å²) in [6.45, 7) is 7.80. The first kappa shape index (κ1) is 24.3. The van der Waals surface area contributed by atoms with Gasteiger partial charge in [-0.05, 0) is 73.4 Å². The summed E-state index contributed by atoms with van der Waals surface area (Å²) in [5.74, 6) is 1.44. The Bertz CT molecular complexity index is 1350. The van der Waals surface area contributed by atoms with Gasteiger partial charge in [-0.3, -0.25) is 9.79 Å². The molecule has 36 heavy (non-hydrogen) atoms. The predicted octanol–water partition coefficient (Wildman–Crippen LogP) is 7.00. The van der Waals surface area contributed by atoms with Crippen LogP contribution in [0.25, 0.3) is 15.7 Å². The topological polar surface area (TPSA) is 57.6 Å². The molecule has 5 rings (SSSR count). The fraction of sp³-hybridized carbons (Fsp3) is 0.300. The Balaban J connectivity index is 1.29. The van der Waals surface area contributed by atoms with Crippen LogP contribution in [0.2, 0.25) is 0 Å². The van der Waals surface area contributed by atoms with Gasteiger partial charge in [0.15, 0.2) is 0 Å². The first-order chi connectivity index (χ1) is 17.5. The molecule has 3 aromatic rings. The molecule has 184 valence electrons. The number of allylic oxidation sites excluding steroid dienone is 2. The van der Waals surface area contributed by atoms with Gasteiger partial charge in [0, 0.05) is 53.8 Å². The molecule has 2 aromatic carbocycles. The van der Waals surface area contributed by atoms with E-state index in [1.54, 1.807) is 18.8 Å². The van der Waals surface area contributed by atoms with Gasteiger partial charge in [-0.25, -0.2) is 4.98 Å². The second kappa shape index (κ2) is 10.7. The summed E-state index contributed by atoms with van der Waals surface area (Å²) >= 11 is 1.60. The Morgan fingerprint density at radius 2 is 1.81 bits per heavy atom. The summed E-state index contributed by atoms with van der Waals surface area (Å²) in [7, 11) is 1.80. The van der Waals surface area contributed by atoms with E-state index in [9.17, 15) is 4.79 Å². The van der Waals surface area contributed by atoms with Crippen molar-refractivity contribution in [1.82, 2.24) is 9.88 Å². The highest BCUT2D eigenvalue weighted by Gasteiger charge is 2.30. The maximum absolute atomic E-state index is 12.9. The smallest absolute Gasteiger partial charge is 0.253 e. The van der Waals surface area contributed by atoms with Crippen LogP contribution in [-0.4, -0.2) is 41.0 Å². The molecule has 2 aliphatic rings. The number of aromatic nitrogens is 1. The number of aliphatic imine (C=N–C) groups is 1. The van der Waals surface area contributed by atoms with E-state index in [2.05, 4.69) is 41.2 Å². The van der Waals surface area contributed by atoms with Crippen LogP contribution in [0.4, 0.5) is 5.82 Å². The number of nitrogens with one attached hydrogen (secondary N) is 1. The summed E-state index contributed by atoms with van der Waals surface area (Å²) in [6, 6.07) is 18.1. The van der Waals surface area contributed by atoms with Crippen LogP contribution in [0.15, 0.2) is 83.6 Å². The zero-order valence-corrected chi connectivity index (χ0v) is 21.8. The minimum Gasteiger partial charge on any atom is -0.344 e. The number of likely N-dealkylation sites (tertiary alicyclic amines) is 1. The largest absolute Gasteiger partial charge is 0.344 e. The molecule has 5 nitrogen and oxygen atoms in total. The Morgan fingerprint density at radius 3 is 2.50 bits per heavy atom. The van der Waals surface area contributed by atoms with Crippen LogP contribution < -0.4 is 5.32 Å². The maximum Gasteiger partial charge on any atom is 0.253 e. The van der Waals surface area contributed by atoms with Crippen molar-refractivity contribution in [1.29, 1.82) is 0 Å². The number of piperidine rings is 1. The van der Waals surface area contributed by atoms with Gasteiger partial charge in [-0.2, -0.15) is 0 Å². The Morgan fingerprint density at radius 1 is 1.06 bits per heavy atom. The van der Waals surface area contributed by atoms with E-state index in [1.807, 2.05) is 48.4 Å². The second-order valence-electron chi connectivity index (χ2n) is 9.47. The number of amides is 1. The fourth-order valence-electron chi connectivity index (χ4n) is 4.75. The molecule has 0 bridgehead atoms. The number of rotatable bonds is 6. The standard InChI is InChI=1S/C30H32N4OS/c1-20(36-21(2)31-3)25-11-12-26-19-32-28(18-27(26)17-25)33-29(22-9-10-22)23-13-15-34(16-14-23)30(35)24-7-5-4-6-8-24/h4-8,11-12,17-19,23H,1,9-10,13-16H2,2-3H3,(H,32,33)/b31-21-. The van der Waals surface area contributed by atoms with E-state index in [1.165, 1.54) is 11.3 Å². The summed E-state index contributed by atoms with van der Waals surface area (Å²) in [5, 5.41) is 6.93. The van der Waals surface area contributed by atoms with Crippen molar-refractivity contribution in [2.75, 3.05) is 25.5 Å². The molecule has 2 fully saturated rings. The van der Waals surface area contributed by atoms with E-state index in [0.29, 0.717) is 5.92 Å². The number of carbonyl (C=O) groups is 1. The number of hydrogen-bond acceptors (Lipinski definition) is 5. The van der Waals surface area contributed by atoms with Crippen molar-refractivity contribution >= 4 is 44.2 Å². The van der Waals surface area contributed by atoms with E-state index < -0.39 is 0 Å². The van der Waals surface area contributed by atoms with E-state index in [-0.39, 0.29) is 5.91 Å². The van der Waals surface area contributed by atoms with Crippen LogP contribution in [-0.2, 0) is 0 Å². The number of nitrogens with zero attached hydrogens (tertiary/aromatic N) is 3. The maximum atomic E-state index is 12.9. The average Bonchev–Trinajstić information content (AvgIpc) is 3.77. The highest BCUT2D eigenvalue weighted by molar-refractivity contribution is 8.21. The Kier molecular flexibility index (Phi) is 7.23. The van der Waals surface area contributed by atoms with Crippen LogP contribution in [0.3, 0.4) is 0 Å². The van der Waals surface area contributed by atoms with Crippen LogP contribution in [0, 0.1) is 5.92 Å². The van der Waals surface area contributed by atoms with Crippen molar-refractivity contribution in [2.24, 2.45) is 10.9 Å². The minimum absolute atomic E-state index is 0.134. The van der Waals surface area contributed by atoms with Gasteiger partial charge >= 0.3 is 0 Å². The monoisotopic (exact) mass is 496 g/mol. The lowest BCUT2D eigenvalue weighted by Crippen LogP contribution is -2.39. The SMILES string of the molecule is C=C(S/C(C)=N\C)c1ccc2cnc(NC(=C3CC3)C3CCN(C(=O)c4ccccc4)CC3)cc2c1. The molecule has 1 saturated carbocycles. The molecular formula is C30H32N4OS. The molecule has 1 amide bonds. The van der Waals surface area contributed by atoms with Crippen molar-refractivity contribution in [3.05, 3.63) is 89.8 Å². The number of pyridine rings is 1. The van der Waals surface area contributed by atoms with Crippen LogP contribution >= 0.6 is 11.8 Å². The zero-order chi connectivity index (χ0) is 25.1. The number of fused-ring (bicyclic) bond motifs is 1. The van der Waals surface area contributed by atoms with Crippen molar-refractivity contribution in [2.45, 2.75) is 32.6 Å². The van der Waals surface area contributed by atoms with Crippen molar-refractivity contribution in [3.8, 4) is 0 Å². The fourth-order valence-corrected chi connectivity index (χ4v) is 5.44. The van der Waals surface area contributed by atoms with Gasteiger partial charge in [0.05, 0.1) is 5.04 Å². The van der Waals surface area contributed by atoms with Gasteiger partial charge in [-0.1, -0.05) is 48.7 Å². The number of benzene rings is 2. The molecule has 1 saturated heterocycles. The Labute approximate surface area is 217 Å². The average molecular weight is 497 g/mol. The molecular weight excluding hydrogens is 464 g/mol. The number of thioether (sulfide) groups is 1. The van der Waals surface area contributed by atoms with Gasteiger partial charge in [0.25, 0.3) is 5.91 Å². The first-order valence-corrected chi connectivity index (χ1v) is 13.4. The van der Waals surface area contributed by atoms with Gasteiger partial charge in [0.2, 0.25) is 0 Å². The summed E-state index contributed by atoms with van der Waals surface area (Å²) in [6.07, 6.45) is 6.18. The lowest BCUT2D eigenvalue weighted by molar-refractivity contribution is 0.0702. The van der Waals surface area contributed by atoms with E-state index >= 15 is 0 Å². The molecule has 0 atom stereocenters. The third-order valence-electron chi connectivity index (χ3n) is 6.98. The highest BCUT2D eigenvalue weighted by atomic mass is 32.2. The lowest BCUT2D eigenvalue weighted by Gasteiger charge is -2.33. The summed E-state index contributed by atoms with van der Waals surface area (Å²) in [5.41, 5.74) is 4.69. The number of hydrogen-bond donors (Lipinski definition) is 1. The quantitative estimate of drug-likeness (QED) is 0.295. The Hall–Kier alpha value is -3.38. The van der Waals surface area contributed by atoms with E-state index in [4.69, 9.17) is 4.98 Å². The van der Waals surface area contributed by atoms with Crippen LogP contribution in [0.1, 0.15) is 48.5 Å². The van der Waals surface area contributed by atoms with Gasteiger partial charge in [0.1, 0.15) is 5.82 Å². The van der Waals surface area contributed by atoms with Gasteiger partial charge in [-0.15, -0.1) is 0 Å². The van der Waals surface area contributed by atoms with Crippen LogP contribution in [0.5, 0.6) is 0 Å². The minimum atomic E-state index is 0.134. The molecule has 1 aromatic heterocycles. The van der Waals surface area contributed by atoms with Crippen molar-refractivity contribution < 1.29 is 4.79 Å². The third-order valence-corrected chi connectivity index (χ3v) is 7.94. The second-order valence-corrected chi connectivity index (χ2v) is 10.8. The normalized spacial score (nSPS) is 16.2. The number of carbonyl (C=O) groups excluding carboxylic acids is 1. The highest BCUT2D eigenvalue weighted by Crippen LogP contribution is 2.39. The molecule has 1 N–H and O–H groups in total. The molecule has 0 radical (unpaired) electrons. The molecule has 0 unspecified atom stereocenters. The first-order valence-electron chi connectivity index (χ1n) is 12.6. The molecule has 1 aliphatic carbocycles. The third kappa shape index (κ3) is 5.54. The molecule has 1 aliphatic heterocycles. The van der Waals surface area contributed by atoms with Gasteiger partial charge < -0.3 is 10.2 Å².